The summed E-state index contributed by atoms with van der Waals surface area (Å²) >= 11 is 0. The van der Waals surface area contributed by atoms with E-state index in [9.17, 15) is 24.2 Å². The van der Waals surface area contributed by atoms with Crippen molar-refractivity contribution in [3.8, 4) is 0 Å². The zero-order chi connectivity index (χ0) is 41.8. The molecule has 0 heterocycles. The largest absolute Gasteiger partial charge is 0.472 e. The van der Waals surface area contributed by atoms with E-state index in [0.29, 0.717) is 6.42 Å². The molecule has 57 heavy (non-hydrogen) atoms. The molecule has 0 aliphatic rings. The maximum absolute atomic E-state index is 12.1. The molecule has 0 rings (SSSR count). The molecule has 0 fully saturated rings. The smallest absolute Gasteiger partial charge is 0.463 e. The molecule has 0 aromatic rings. The highest BCUT2D eigenvalue weighted by molar-refractivity contribution is 7.47. The Morgan fingerprint density at radius 1 is 0.544 bits per heavy atom. The van der Waals surface area contributed by atoms with Gasteiger partial charge in [0.15, 0.2) is 0 Å². The molecule has 334 valence electrons. The third kappa shape index (κ3) is 45.2. The van der Waals surface area contributed by atoms with E-state index in [0.717, 1.165) is 64.2 Å². The molecular weight excluding hydrogens is 737 g/mol. The van der Waals surface area contributed by atoms with Crippen molar-refractivity contribution in [2.45, 2.75) is 225 Å². The second-order valence-electron chi connectivity index (χ2n) is 15.7. The van der Waals surface area contributed by atoms with Crippen LogP contribution in [-0.2, 0) is 27.9 Å². The zero-order valence-corrected chi connectivity index (χ0v) is 37.7. The predicted molar refractivity (Wildman–Crippen MR) is 238 cm³/mol. The summed E-state index contributed by atoms with van der Waals surface area (Å²) in [4.78, 5) is 34.0. The fraction of sp³-hybridized carbons (Fsp3) is 0.830. The number of rotatable bonds is 44. The van der Waals surface area contributed by atoms with Crippen molar-refractivity contribution < 1.29 is 37.9 Å². The Bertz CT molecular complexity index is 1030. The molecule has 0 aromatic heterocycles. The lowest BCUT2D eigenvalue weighted by Crippen LogP contribution is -2.27. The fourth-order valence-electron chi connectivity index (χ4n) is 6.51. The number of hydrogen-bond acceptors (Lipinski definition) is 7. The molecule has 9 nitrogen and oxygen atoms in total. The first kappa shape index (κ1) is 55.2. The Kier molecular flexibility index (Phi) is 42.4. The second-order valence-corrected chi connectivity index (χ2v) is 17.2. The van der Waals surface area contributed by atoms with Crippen LogP contribution in [0, 0.1) is 0 Å². The monoisotopic (exact) mass is 826 g/mol. The molecule has 10 heteroatoms. The number of ether oxygens (including phenoxy) is 1. The highest BCUT2D eigenvalue weighted by Gasteiger charge is 2.23. The van der Waals surface area contributed by atoms with E-state index in [4.69, 9.17) is 13.8 Å². The highest BCUT2D eigenvalue weighted by atomic mass is 31.2. The number of nitrogens with one attached hydrogen (secondary N) is 1. The van der Waals surface area contributed by atoms with Gasteiger partial charge in [-0.1, -0.05) is 192 Å². The maximum Gasteiger partial charge on any atom is 0.472 e. The van der Waals surface area contributed by atoms with Gasteiger partial charge in [0.2, 0.25) is 5.91 Å². The van der Waals surface area contributed by atoms with Crippen LogP contribution in [0.15, 0.2) is 36.5 Å². The molecule has 0 aliphatic heterocycles. The van der Waals surface area contributed by atoms with Gasteiger partial charge in [-0.2, -0.15) is 0 Å². The SMILES string of the molecule is CCCCC/C=C\C/C=C\C/C=C\CCCCCCCCCCC(=O)OCC(O)COP(=O)(O)OCCNC(=O)CCCCCCCCCCCCCCCCC. The van der Waals surface area contributed by atoms with Crippen LogP contribution in [-0.4, -0.2) is 54.3 Å². The average molecular weight is 826 g/mol. The number of phosphoric acid groups is 1. The lowest BCUT2D eigenvalue weighted by atomic mass is 10.0. The number of amides is 1. The van der Waals surface area contributed by atoms with Crippen LogP contribution < -0.4 is 5.32 Å². The van der Waals surface area contributed by atoms with E-state index in [1.165, 1.54) is 128 Å². The van der Waals surface area contributed by atoms with Gasteiger partial charge in [0.25, 0.3) is 0 Å². The van der Waals surface area contributed by atoms with Gasteiger partial charge in [-0.05, 0) is 51.4 Å². The van der Waals surface area contributed by atoms with Gasteiger partial charge < -0.3 is 20.1 Å². The number of aliphatic hydroxyl groups excluding tert-OH is 1. The van der Waals surface area contributed by atoms with Crippen LogP contribution >= 0.6 is 7.82 Å². The minimum atomic E-state index is -4.42. The molecule has 2 unspecified atom stereocenters. The maximum atomic E-state index is 12.1. The number of phosphoric ester groups is 1. The van der Waals surface area contributed by atoms with E-state index < -0.39 is 26.5 Å². The van der Waals surface area contributed by atoms with E-state index >= 15 is 0 Å². The van der Waals surface area contributed by atoms with Crippen LogP contribution in [0.4, 0.5) is 0 Å². The van der Waals surface area contributed by atoms with Crippen molar-refractivity contribution in [3.05, 3.63) is 36.5 Å². The van der Waals surface area contributed by atoms with Gasteiger partial charge in [0.1, 0.15) is 12.7 Å². The van der Waals surface area contributed by atoms with Crippen LogP contribution in [0.25, 0.3) is 0 Å². The van der Waals surface area contributed by atoms with Crippen molar-refractivity contribution >= 4 is 19.7 Å². The van der Waals surface area contributed by atoms with Gasteiger partial charge >= 0.3 is 13.8 Å². The molecule has 2 atom stereocenters. The second kappa shape index (κ2) is 43.8. The lowest BCUT2D eigenvalue weighted by Gasteiger charge is -2.15. The zero-order valence-electron chi connectivity index (χ0n) is 36.8. The van der Waals surface area contributed by atoms with Crippen LogP contribution in [0.2, 0.25) is 0 Å². The number of allylic oxidation sites excluding steroid dienone is 6. The van der Waals surface area contributed by atoms with Crippen molar-refractivity contribution in [1.29, 1.82) is 0 Å². The molecule has 3 N–H and O–H groups in total. The number of carbonyl (C=O) groups excluding carboxylic acids is 2. The number of unbranched alkanes of at least 4 members (excludes halogenated alkanes) is 25. The molecule has 0 radical (unpaired) electrons. The minimum Gasteiger partial charge on any atom is -0.463 e. The first-order valence-corrected chi connectivity index (χ1v) is 25.0. The minimum absolute atomic E-state index is 0.0833. The lowest BCUT2D eigenvalue weighted by molar-refractivity contribution is -0.147. The summed E-state index contributed by atoms with van der Waals surface area (Å²) < 4.78 is 26.9. The Morgan fingerprint density at radius 2 is 0.947 bits per heavy atom. The Labute approximate surface area is 350 Å². The van der Waals surface area contributed by atoms with Crippen LogP contribution in [0.1, 0.15) is 219 Å². The summed E-state index contributed by atoms with van der Waals surface area (Å²) in [6, 6.07) is 0. The van der Waals surface area contributed by atoms with E-state index in [1.54, 1.807) is 0 Å². The molecular formula is C47H88NO8P. The van der Waals surface area contributed by atoms with Gasteiger partial charge in [0.05, 0.1) is 13.2 Å². The number of hydrogen-bond donors (Lipinski definition) is 3. The molecule has 0 bridgehead atoms. The number of aliphatic hydroxyl groups is 1. The van der Waals surface area contributed by atoms with Gasteiger partial charge in [-0.3, -0.25) is 18.6 Å². The van der Waals surface area contributed by atoms with E-state index in [1.807, 2.05) is 0 Å². The van der Waals surface area contributed by atoms with Crippen molar-refractivity contribution in [3.63, 3.8) is 0 Å². The topological polar surface area (TPSA) is 131 Å². The van der Waals surface area contributed by atoms with Crippen molar-refractivity contribution in [1.82, 2.24) is 5.32 Å². The average Bonchev–Trinajstić information content (AvgIpc) is 3.20. The highest BCUT2D eigenvalue weighted by Crippen LogP contribution is 2.42. The quantitative estimate of drug-likeness (QED) is 0.0239. The summed E-state index contributed by atoms with van der Waals surface area (Å²) in [5.74, 6) is -0.518. The van der Waals surface area contributed by atoms with E-state index in [2.05, 4.69) is 55.6 Å². The standard InChI is InChI=1S/C47H88NO8P/c1-3-5-7-9-11-13-15-17-19-20-21-22-23-24-26-28-30-32-34-36-38-40-47(51)54-43-45(49)44-56-57(52,53)55-42-41-48-46(50)39-37-35-33-31-29-27-25-18-16-14-12-10-8-6-4-2/h11,13,17,19,21-22,45,49H,3-10,12,14-16,18,20,23-44H2,1-2H3,(H,48,50)(H,52,53)/b13-11-,19-17-,22-21-. The van der Waals surface area contributed by atoms with Gasteiger partial charge in [0, 0.05) is 19.4 Å². The molecule has 0 spiro atoms. The van der Waals surface area contributed by atoms with Gasteiger partial charge in [-0.25, -0.2) is 4.57 Å². The molecule has 0 aromatic carbocycles. The summed E-state index contributed by atoms with van der Waals surface area (Å²) in [5, 5.41) is 12.7. The molecule has 0 saturated carbocycles. The fourth-order valence-corrected chi connectivity index (χ4v) is 7.26. The Hall–Kier alpha value is -1.77. The Balaban J connectivity index is 3.58. The molecule has 1 amide bonds. The molecule has 0 saturated heterocycles. The number of esters is 1. The summed E-state index contributed by atoms with van der Waals surface area (Å²) in [7, 11) is -4.42. The van der Waals surface area contributed by atoms with Gasteiger partial charge in [-0.15, -0.1) is 0 Å². The van der Waals surface area contributed by atoms with Crippen LogP contribution in [0.5, 0.6) is 0 Å². The normalized spacial score (nSPS) is 13.5. The first-order valence-electron chi connectivity index (χ1n) is 23.5. The Morgan fingerprint density at radius 3 is 1.46 bits per heavy atom. The van der Waals surface area contributed by atoms with E-state index in [-0.39, 0.29) is 32.1 Å². The summed E-state index contributed by atoms with van der Waals surface area (Å²) in [6.45, 7) is 3.54. The van der Waals surface area contributed by atoms with Crippen molar-refractivity contribution in [2.75, 3.05) is 26.4 Å². The third-order valence-electron chi connectivity index (χ3n) is 10.1. The number of carbonyl (C=O) groups is 2. The predicted octanol–water partition coefficient (Wildman–Crippen LogP) is 13.3. The summed E-state index contributed by atoms with van der Waals surface area (Å²) in [5.41, 5.74) is 0. The van der Waals surface area contributed by atoms with Crippen LogP contribution in [0.3, 0.4) is 0 Å². The first-order chi connectivity index (χ1) is 27.8. The summed E-state index contributed by atoms with van der Waals surface area (Å²) in [6.07, 6.45) is 49.3. The molecule has 0 aliphatic carbocycles. The third-order valence-corrected chi connectivity index (χ3v) is 11.1. The van der Waals surface area contributed by atoms with Crippen molar-refractivity contribution in [2.24, 2.45) is 0 Å².